The summed E-state index contributed by atoms with van der Waals surface area (Å²) in [6.07, 6.45) is 0. The van der Waals surface area contributed by atoms with Crippen molar-refractivity contribution in [1.82, 2.24) is 10.2 Å². The molecule has 0 saturated carbocycles. The second kappa shape index (κ2) is 4.06. The van der Waals surface area contributed by atoms with Crippen LogP contribution >= 0.6 is 0 Å². The van der Waals surface area contributed by atoms with Gasteiger partial charge in [-0.1, -0.05) is 0 Å². The maximum absolute atomic E-state index is 11.0. The summed E-state index contributed by atoms with van der Waals surface area (Å²) in [6, 6.07) is 8.87. The fourth-order valence-electron chi connectivity index (χ4n) is 1.33. The van der Waals surface area contributed by atoms with Crippen molar-refractivity contribution in [2.45, 2.75) is 0 Å². The van der Waals surface area contributed by atoms with Gasteiger partial charge in [-0.15, -0.1) is 0 Å². The fraction of sp³-hybridized carbons (Fsp3) is 0.0909. The van der Waals surface area contributed by atoms with Crippen molar-refractivity contribution < 1.29 is 4.74 Å². The molecule has 82 valence electrons. The monoisotopic (exact) mass is 217 g/mol. The van der Waals surface area contributed by atoms with Crippen molar-refractivity contribution in [1.29, 1.82) is 0 Å². The number of nitrogens with one attached hydrogen (secondary N) is 1. The summed E-state index contributed by atoms with van der Waals surface area (Å²) < 4.78 is 5.04. The van der Waals surface area contributed by atoms with Crippen LogP contribution in [0.5, 0.6) is 5.75 Å². The number of ether oxygens (including phenoxy) is 1. The Hall–Kier alpha value is -2.30. The van der Waals surface area contributed by atoms with E-state index >= 15 is 0 Å². The van der Waals surface area contributed by atoms with Gasteiger partial charge in [0.2, 0.25) is 0 Å². The number of anilines is 1. The Morgan fingerprint density at radius 1 is 1.31 bits per heavy atom. The van der Waals surface area contributed by atoms with E-state index in [2.05, 4.69) is 10.2 Å². The molecule has 2 aromatic rings. The molecule has 1 heterocycles. The van der Waals surface area contributed by atoms with E-state index in [1.165, 1.54) is 0 Å². The van der Waals surface area contributed by atoms with Crippen molar-refractivity contribution in [2.24, 2.45) is 0 Å². The van der Waals surface area contributed by atoms with Crippen LogP contribution in [0.15, 0.2) is 35.1 Å². The standard InChI is InChI=1S/C11H11N3O2/c1-16-8-4-2-7(3-5-8)10-6-9(12)11(15)14-13-10/h2-6H,1H3,(H2,12,13)(H,14,15). The third-order valence-electron chi connectivity index (χ3n) is 2.22. The molecule has 5 nitrogen and oxygen atoms in total. The van der Waals surface area contributed by atoms with Crippen LogP contribution in [0.3, 0.4) is 0 Å². The smallest absolute Gasteiger partial charge is 0.287 e. The van der Waals surface area contributed by atoms with E-state index < -0.39 is 0 Å². The number of nitrogen functional groups attached to an aromatic ring is 1. The van der Waals surface area contributed by atoms with Crippen LogP contribution in [0.4, 0.5) is 5.69 Å². The fourth-order valence-corrected chi connectivity index (χ4v) is 1.33. The lowest BCUT2D eigenvalue weighted by molar-refractivity contribution is 0.415. The molecule has 0 radical (unpaired) electrons. The molecule has 0 aliphatic carbocycles. The zero-order valence-electron chi connectivity index (χ0n) is 8.73. The van der Waals surface area contributed by atoms with Gasteiger partial charge in [-0.25, -0.2) is 5.10 Å². The summed E-state index contributed by atoms with van der Waals surface area (Å²) in [5, 5.41) is 6.24. The number of rotatable bonds is 2. The molecule has 5 heteroatoms. The third kappa shape index (κ3) is 1.88. The number of nitrogens with two attached hydrogens (primary N) is 1. The van der Waals surface area contributed by atoms with Gasteiger partial charge < -0.3 is 10.5 Å². The molecule has 16 heavy (non-hydrogen) atoms. The van der Waals surface area contributed by atoms with Crippen LogP contribution < -0.4 is 16.0 Å². The number of H-pyrrole nitrogens is 1. The van der Waals surface area contributed by atoms with E-state index in [1.54, 1.807) is 13.2 Å². The van der Waals surface area contributed by atoms with Crippen molar-refractivity contribution in [2.75, 3.05) is 12.8 Å². The molecule has 0 saturated heterocycles. The van der Waals surface area contributed by atoms with Gasteiger partial charge in [0, 0.05) is 5.56 Å². The Kier molecular flexibility index (Phi) is 2.59. The number of aromatic nitrogens is 2. The first-order chi connectivity index (χ1) is 7.70. The molecule has 0 aliphatic heterocycles. The summed E-state index contributed by atoms with van der Waals surface area (Å²) in [5.41, 5.74) is 6.77. The maximum Gasteiger partial charge on any atom is 0.287 e. The SMILES string of the molecule is COc1ccc(-c2cc(N)c(=O)[nH]n2)cc1. The first-order valence-corrected chi connectivity index (χ1v) is 4.70. The minimum absolute atomic E-state index is 0.154. The second-order valence-corrected chi connectivity index (χ2v) is 3.27. The number of hydrogen-bond acceptors (Lipinski definition) is 4. The molecular formula is C11H11N3O2. The maximum atomic E-state index is 11.0. The van der Waals surface area contributed by atoms with Crippen LogP contribution in [-0.2, 0) is 0 Å². The number of benzene rings is 1. The van der Waals surface area contributed by atoms with E-state index in [0.29, 0.717) is 5.69 Å². The molecule has 1 aromatic carbocycles. The predicted molar refractivity (Wildman–Crippen MR) is 61.3 cm³/mol. The highest BCUT2D eigenvalue weighted by atomic mass is 16.5. The summed E-state index contributed by atoms with van der Waals surface area (Å²) >= 11 is 0. The zero-order chi connectivity index (χ0) is 11.5. The van der Waals surface area contributed by atoms with Gasteiger partial charge in [-0.05, 0) is 30.3 Å². The van der Waals surface area contributed by atoms with Crippen LogP contribution in [-0.4, -0.2) is 17.3 Å². The molecule has 0 fully saturated rings. The van der Waals surface area contributed by atoms with Crippen LogP contribution in [0, 0.1) is 0 Å². The summed E-state index contributed by atoms with van der Waals surface area (Å²) in [7, 11) is 1.60. The largest absolute Gasteiger partial charge is 0.497 e. The number of aromatic amines is 1. The van der Waals surface area contributed by atoms with E-state index in [4.69, 9.17) is 10.5 Å². The van der Waals surface area contributed by atoms with E-state index in [0.717, 1.165) is 11.3 Å². The minimum atomic E-state index is -0.378. The Bertz CT molecular complexity index is 546. The lowest BCUT2D eigenvalue weighted by Gasteiger charge is -2.02. The molecule has 0 bridgehead atoms. The van der Waals surface area contributed by atoms with Gasteiger partial charge in [-0.3, -0.25) is 4.79 Å². The highest BCUT2D eigenvalue weighted by molar-refractivity contribution is 5.62. The topological polar surface area (TPSA) is 81.0 Å². The average molecular weight is 217 g/mol. The molecule has 0 unspecified atom stereocenters. The molecule has 0 amide bonds. The summed E-state index contributed by atoms with van der Waals surface area (Å²) in [5.74, 6) is 0.765. The molecular weight excluding hydrogens is 206 g/mol. The second-order valence-electron chi connectivity index (χ2n) is 3.27. The van der Waals surface area contributed by atoms with Gasteiger partial charge in [-0.2, -0.15) is 5.10 Å². The Morgan fingerprint density at radius 3 is 2.56 bits per heavy atom. The van der Waals surface area contributed by atoms with Crippen molar-refractivity contribution in [3.63, 3.8) is 0 Å². The van der Waals surface area contributed by atoms with Gasteiger partial charge in [0.1, 0.15) is 11.4 Å². The highest BCUT2D eigenvalue weighted by Gasteiger charge is 2.02. The Balaban J connectivity index is 2.42. The lowest BCUT2D eigenvalue weighted by atomic mass is 10.1. The number of methoxy groups -OCH3 is 1. The van der Waals surface area contributed by atoms with Gasteiger partial charge in [0.15, 0.2) is 0 Å². The van der Waals surface area contributed by atoms with Gasteiger partial charge >= 0.3 is 0 Å². The van der Waals surface area contributed by atoms with E-state index in [1.807, 2.05) is 24.3 Å². The summed E-state index contributed by atoms with van der Waals surface area (Å²) in [4.78, 5) is 11.0. The Morgan fingerprint density at radius 2 is 2.00 bits per heavy atom. The van der Waals surface area contributed by atoms with Gasteiger partial charge in [0.25, 0.3) is 5.56 Å². The minimum Gasteiger partial charge on any atom is -0.497 e. The van der Waals surface area contributed by atoms with Crippen LogP contribution in [0.1, 0.15) is 0 Å². The van der Waals surface area contributed by atoms with Crippen molar-refractivity contribution in [3.05, 3.63) is 40.7 Å². The van der Waals surface area contributed by atoms with Gasteiger partial charge in [0.05, 0.1) is 12.8 Å². The van der Waals surface area contributed by atoms with Crippen molar-refractivity contribution >= 4 is 5.69 Å². The number of nitrogens with zero attached hydrogens (tertiary/aromatic N) is 1. The summed E-state index contributed by atoms with van der Waals surface area (Å²) in [6.45, 7) is 0. The van der Waals surface area contributed by atoms with Crippen molar-refractivity contribution in [3.8, 4) is 17.0 Å². The lowest BCUT2D eigenvalue weighted by Crippen LogP contribution is -2.13. The quantitative estimate of drug-likeness (QED) is 0.787. The van der Waals surface area contributed by atoms with E-state index in [-0.39, 0.29) is 11.2 Å². The molecule has 0 spiro atoms. The molecule has 0 atom stereocenters. The predicted octanol–water partition coefficient (Wildman–Crippen LogP) is 1.03. The first kappa shape index (κ1) is 10.2. The van der Waals surface area contributed by atoms with Crippen LogP contribution in [0.2, 0.25) is 0 Å². The van der Waals surface area contributed by atoms with Crippen LogP contribution in [0.25, 0.3) is 11.3 Å². The molecule has 1 aromatic heterocycles. The first-order valence-electron chi connectivity index (χ1n) is 4.70. The molecule has 3 N–H and O–H groups in total. The number of hydrogen-bond donors (Lipinski definition) is 2. The molecule has 2 rings (SSSR count). The van der Waals surface area contributed by atoms with E-state index in [9.17, 15) is 4.79 Å². The average Bonchev–Trinajstić information content (AvgIpc) is 2.33. The zero-order valence-corrected chi connectivity index (χ0v) is 8.73. The highest BCUT2D eigenvalue weighted by Crippen LogP contribution is 2.20. The normalized spacial score (nSPS) is 10.1. The third-order valence-corrected chi connectivity index (χ3v) is 2.22. The Labute approximate surface area is 91.9 Å². The molecule has 0 aliphatic rings.